The predicted octanol–water partition coefficient (Wildman–Crippen LogP) is 6.11. The van der Waals surface area contributed by atoms with Gasteiger partial charge in [-0.05, 0) is 102 Å². The van der Waals surface area contributed by atoms with Crippen LogP contribution in [0.3, 0.4) is 0 Å². The fourth-order valence-corrected chi connectivity index (χ4v) is 5.60. The number of rotatable bonds is 4. The number of nitrogens with one attached hydrogen (secondary N) is 1. The number of carbonyl (C=O) groups excluding carboxylic acids is 1. The summed E-state index contributed by atoms with van der Waals surface area (Å²) in [7, 11) is -5.84. The lowest BCUT2D eigenvalue weighted by atomic mass is 9.77. The van der Waals surface area contributed by atoms with Crippen LogP contribution in [-0.4, -0.2) is 29.4 Å². The number of alkyl halides is 3. The smallest absolute Gasteiger partial charge is 0.384 e. The van der Waals surface area contributed by atoms with Gasteiger partial charge < -0.3 is 15.8 Å². The third kappa shape index (κ3) is 5.65. The number of hydrogen-bond donors (Lipinski definition) is 3. The first-order chi connectivity index (χ1) is 20.5. The minimum Gasteiger partial charge on any atom is -0.384 e. The Labute approximate surface area is 250 Å². The number of halogens is 4. The Morgan fingerprint density at radius 1 is 1.00 bits per heavy atom. The van der Waals surface area contributed by atoms with Gasteiger partial charge in [0.2, 0.25) is 0 Å². The molecule has 3 aromatic carbocycles. The summed E-state index contributed by atoms with van der Waals surface area (Å²) in [4.78, 5) is 17.4. The molecule has 0 spiro atoms. The first-order valence-electron chi connectivity index (χ1n) is 13.3. The van der Waals surface area contributed by atoms with Gasteiger partial charge in [0.05, 0.1) is 0 Å². The van der Waals surface area contributed by atoms with Gasteiger partial charge in [-0.25, -0.2) is 9.37 Å². The van der Waals surface area contributed by atoms with Gasteiger partial charge >= 0.3 is 15.6 Å². The number of aryl methyl sites for hydroxylation is 2. The molecular formula is C31H27F4N3O5S. The van der Waals surface area contributed by atoms with Crippen molar-refractivity contribution in [3.05, 3.63) is 117 Å². The maximum Gasteiger partial charge on any atom is 0.522 e. The maximum absolute atomic E-state index is 13.4. The van der Waals surface area contributed by atoms with Crippen LogP contribution in [0.15, 0.2) is 66.7 Å². The Balaban J connectivity index is 0.000000426. The molecule has 0 fully saturated rings. The van der Waals surface area contributed by atoms with Crippen molar-refractivity contribution in [1.82, 2.24) is 10.3 Å². The number of hydrogen-bond acceptors (Lipinski definition) is 6. The number of nitrogens with two attached hydrogens (primary N) is 1. The number of anilines is 1. The van der Waals surface area contributed by atoms with Gasteiger partial charge in [0.15, 0.2) is 0 Å². The molecule has 3 heterocycles. The van der Waals surface area contributed by atoms with E-state index in [0.29, 0.717) is 17.9 Å². The molecule has 0 saturated carbocycles. The van der Waals surface area contributed by atoms with Crippen LogP contribution in [0.5, 0.6) is 0 Å². The second kappa shape index (κ2) is 11.0. The van der Waals surface area contributed by atoms with Gasteiger partial charge in [-0.3, -0.25) is 9.35 Å². The number of aromatic nitrogens is 1. The summed E-state index contributed by atoms with van der Waals surface area (Å²) in [5.74, 6) is 0.0812. The van der Waals surface area contributed by atoms with Crippen molar-refractivity contribution in [1.29, 1.82) is 0 Å². The summed E-state index contributed by atoms with van der Waals surface area (Å²) >= 11 is 0. The van der Waals surface area contributed by atoms with E-state index in [1.54, 1.807) is 12.1 Å². The molecule has 4 aromatic rings. The van der Waals surface area contributed by atoms with E-state index in [0.717, 1.165) is 50.2 Å². The van der Waals surface area contributed by atoms with E-state index in [4.69, 9.17) is 23.4 Å². The third-order valence-electron chi connectivity index (χ3n) is 7.78. The standard InChI is InChI=1S/C30H26FN3O2.CHF3O3S/c1-16-12-27(32)34-17(2)24(16)15-33-29(35)20-6-10-22-26(14-20)30(3)25-11-7-19(13-23(25)28(22)36-30)18-4-8-21(31)9-5-18;2-1(3,4)8(5,6)7/h4-14,28H,15H2,1-3H3,(H2,32,34)(H,33,35);(H,5,6,7). The second-order valence-electron chi connectivity index (χ2n) is 10.7. The predicted molar refractivity (Wildman–Crippen MR) is 155 cm³/mol. The van der Waals surface area contributed by atoms with Gasteiger partial charge in [-0.2, -0.15) is 21.6 Å². The molecule has 230 valence electrons. The van der Waals surface area contributed by atoms with Crippen molar-refractivity contribution in [2.45, 2.75) is 44.5 Å². The number of benzene rings is 3. The van der Waals surface area contributed by atoms with E-state index < -0.39 is 21.2 Å². The number of nitrogen functional groups attached to an aromatic ring is 1. The average molecular weight is 630 g/mol. The van der Waals surface area contributed by atoms with E-state index in [1.165, 1.54) is 12.1 Å². The Morgan fingerprint density at radius 3 is 2.25 bits per heavy atom. The highest BCUT2D eigenvalue weighted by Gasteiger charge is 2.51. The Kier molecular flexibility index (Phi) is 7.77. The monoisotopic (exact) mass is 629 g/mol. The van der Waals surface area contributed by atoms with Crippen LogP contribution >= 0.6 is 0 Å². The lowest BCUT2D eigenvalue weighted by Gasteiger charge is -2.25. The zero-order valence-electron chi connectivity index (χ0n) is 23.7. The van der Waals surface area contributed by atoms with Crippen LogP contribution in [-0.2, 0) is 27.0 Å². The summed E-state index contributed by atoms with van der Waals surface area (Å²) in [6.07, 6.45) is -0.191. The van der Waals surface area contributed by atoms with E-state index in [9.17, 15) is 22.4 Å². The molecule has 2 bridgehead atoms. The third-order valence-corrected chi connectivity index (χ3v) is 8.37. The van der Waals surface area contributed by atoms with Crippen molar-refractivity contribution in [3.63, 3.8) is 0 Å². The fraction of sp³-hybridized carbons (Fsp3) is 0.226. The number of ether oxygens (including phenoxy) is 1. The Hall–Kier alpha value is -4.33. The van der Waals surface area contributed by atoms with Crippen LogP contribution in [0.2, 0.25) is 0 Å². The molecule has 1 aromatic heterocycles. The van der Waals surface area contributed by atoms with Gasteiger partial charge in [-0.1, -0.05) is 30.3 Å². The topological polar surface area (TPSA) is 132 Å². The highest BCUT2D eigenvalue weighted by atomic mass is 32.2. The molecule has 2 aliphatic rings. The van der Waals surface area contributed by atoms with Crippen molar-refractivity contribution < 1.29 is 40.1 Å². The number of fused-ring (bicyclic) bond motifs is 8. The largest absolute Gasteiger partial charge is 0.522 e. The molecule has 13 heteroatoms. The van der Waals surface area contributed by atoms with Gasteiger partial charge in [-0.15, -0.1) is 0 Å². The van der Waals surface area contributed by atoms with E-state index in [-0.39, 0.29) is 17.8 Å². The number of nitrogens with zero attached hydrogens (tertiary/aromatic N) is 1. The van der Waals surface area contributed by atoms with E-state index in [1.807, 2.05) is 44.2 Å². The molecule has 2 aliphatic heterocycles. The van der Waals surface area contributed by atoms with Crippen molar-refractivity contribution >= 4 is 21.8 Å². The highest BCUT2D eigenvalue weighted by Crippen LogP contribution is 2.58. The first kappa shape index (κ1) is 31.1. The normalized spacial score (nSPS) is 18.2. The number of pyridine rings is 1. The molecule has 1 amide bonds. The summed E-state index contributed by atoms with van der Waals surface area (Å²) in [6, 6.07) is 20.4. The fourth-order valence-electron chi connectivity index (χ4n) is 5.60. The first-order valence-corrected chi connectivity index (χ1v) is 14.7. The van der Waals surface area contributed by atoms with Crippen LogP contribution in [0.1, 0.15) is 62.5 Å². The van der Waals surface area contributed by atoms with Gasteiger partial charge in [0, 0.05) is 17.8 Å². The zero-order valence-corrected chi connectivity index (χ0v) is 24.5. The Morgan fingerprint density at radius 2 is 1.64 bits per heavy atom. The van der Waals surface area contributed by atoms with Gasteiger partial charge in [0.1, 0.15) is 23.3 Å². The molecule has 8 nitrogen and oxygen atoms in total. The molecule has 0 radical (unpaired) electrons. The van der Waals surface area contributed by atoms with Crippen LogP contribution in [0, 0.1) is 19.7 Å². The highest BCUT2D eigenvalue weighted by molar-refractivity contribution is 7.86. The summed E-state index contributed by atoms with van der Waals surface area (Å²) in [5, 5.41) is 3.03. The molecule has 44 heavy (non-hydrogen) atoms. The minimum absolute atomic E-state index is 0.147. The maximum atomic E-state index is 13.4. The summed E-state index contributed by atoms with van der Waals surface area (Å²) in [6.45, 7) is 6.31. The summed E-state index contributed by atoms with van der Waals surface area (Å²) < 4.78 is 77.4. The zero-order chi connectivity index (χ0) is 32.2. The van der Waals surface area contributed by atoms with Gasteiger partial charge in [0.25, 0.3) is 5.91 Å². The lowest BCUT2D eigenvalue weighted by Crippen LogP contribution is -2.26. The second-order valence-corrected chi connectivity index (χ2v) is 12.1. The Bertz CT molecular complexity index is 1870. The molecule has 0 aliphatic carbocycles. The quantitative estimate of drug-likeness (QED) is 0.141. The van der Waals surface area contributed by atoms with Crippen molar-refractivity contribution in [2.24, 2.45) is 0 Å². The molecule has 2 atom stereocenters. The van der Waals surface area contributed by atoms with Crippen LogP contribution in [0.25, 0.3) is 11.1 Å². The van der Waals surface area contributed by atoms with Crippen LogP contribution < -0.4 is 11.1 Å². The molecular weight excluding hydrogens is 602 g/mol. The molecule has 2 unspecified atom stereocenters. The molecule has 6 rings (SSSR count). The van der Waals surface area contributed by atoms with Crippen LogP contribution in [0.4, 0.5) is 23.4 Å². The molecule has 0 saturated heterocycles. The van der Waals surface area contributed by atoms with Crippen molar-refractivity contribution in [3.8, 4) is 11.1 Å². The average Bonchev–Trinajstić information content (AvgIpc) is 3.41. The number of carbonyl (C=O) groups is 1. The summed E-state index contributed by atoms with van der Waals surface area (Å²) in [5.41, 5.74) is 9.34. The van der Waals surface area contributed by atoms with E-state index >= 15 is 0 Å². The molecule has 4 N–H and O–H groups in total. The van der Waals surface area contributed by atoms with Crippen molar-refractivity contribution in [2.75, 3.05) is 5.73 Å². The minimum atomic E-state index is -5.84. The SMILES string of the molecule is Cc1cc(N)nc(C)c1CNC(=O)c1ccc2c(c1)C1(C)OC2c2cc(-c3ccc(F)cc3)ccc21.O=S(=O)(O)C(F)(F)F. The lowest BCUT2D eigenvalue weighted by molar-refractivity contribution is -0.0510. The number of amides is 1. The van der Waals surface area contributed by atoms with E-state index in [2.05, 4.69) is 29.4 Å².